The van der Waals surface area contributed by atoms with Crippen LogP contribution >= 0.6 is 0 Å². The van der Waals surface area contributed by atoms with Gasteiger partial charge in [0.1, 0.15) is 6.54 Å². The molecule has 30 heavy (non-hydrogen) atoms. The Kier molecular flexibility index (Phi) is 4.62. The molecule has 3 aromatic heterocycles. The maximum absolute atomic E-state index is 12.9. The zero-order chi connectivity index (χ0) is 20.5. The van der Waals surface area contributed by atoms with Crippen LogP contribution in [0.1, 0.15) is 5.89 Å². The SMILES string of the molecule is Cc1nnc(-c2ccc3ccn(CC(=O)N4CCN(c5ncccn5)CC4)c3c2)o1. The van der Waals surface area contributed by atoms with E-state index < -0.39 is 0 Å². The Hall–Kier alpha value is -3.75. The summed E-state index contributed by atoms with van der Waals surface area (Å²) in [6.45, 7) is 4.81. The van der Waals surface area contributed by atoms with Gasteiger partial charge in [0.2, 0.25) is 23.6 Å². The van der Waals surface area contributed by atoms with E-state index in [0.717, 1.165) is 29.6 Å². The lowest BCUT2D eigenvalue weighted by atomic mass is 10.1. The zero-order valence-corrected chi connectivity index (χ0v) is 16.6. The topological polar surface area (TPSA) is 93.2 Å². The van der Waals surface area contributed by atoms with Crippen molar-refractivity contribution < 1.29 is 9.21 Å². The van der Waals surface area contributed by atoms with Crippen molar-refractivity contribution in [3.8, 4) is 11.5 Å². The molecule has 0 spiro atoms. The molecule has 1 aliphatic heterocycles. The van der Waals surface area contributed by atoms with E-state index in [1.807, 2.05) is 39.9 Å². The van der Waals surface area contributed by atoms with Crippen LogP contribution < -0.4 is 4.90 Å². The summed E-state index contributed by atoms with van der Waals surface area (Å²) < 4.78 is 7.51. The Bertz CT molecular complexity index is 1180. The first-order chi connectivity index (χ1) is 14.7. The first kappa shape index (κ1) is 18.3. The highest BCUT2D eigenvalue weighted by molar-refractivity contribution is 5.86. The van der Waals surface area contributed by atoms with Gasteiger partial charge in [0.15, 0.2) is 0 Å². The Morgan fingerprint density at radius 1 is 1.07 bits per heavy atom. The predicted molar refractivity (Wildman–Crippen MR) is 111 cm³/mol. The molecule has 0 radical (unpaired) electrons. The average molecular weight is 403 g/mol. The van der Waals surface area contributed by atoms with E-state index in [4.69, 9.17) is 4.42 Å². The third-order valence-corrected chi connectivity index (χ3v) is 5.32. The van der Waals surface area contributed by atoms with Crippen molar-refractivity contribution in [1.29, 1.82) is 0 Å². The van der Waals surface area contributed by atoms with Crippen LogP contribution in [0.4, 0.5) is 5.95 Å². The van der Waals surface area contributed by atoms with Gasteiger partial charge in [-0.25, -0.2) is 9.97 Å². The van der Waals surface area contributed by atoms with Crippen molar-refractivity contribution >= 4 is 22.8 Å². The minimum atomic E-state index is 0.0974. The van der Waals surface area contributed by atoms with Gasteiger partial charge in [-0.2, -0.15) is 0 Å². The van der Waals surface area contributed by atoms with Crippen molar-refractivity contribution in [2.24, 2.45) is 0 Å². The van der Waals surface area contributed by atoms with Crippen LogP contribution in [0, 0.1) is 6.92 Å². The molecule has 4 aromatic rings. The molecule has 9 heteroatoms. The molecule has 0 saturated carbocycles. The highest BCUT2D eigenvalue weighted by Gasteiger charge is 2.23. The Labute approximate surface area is 173 Å². The zero-order valence-electron chi connectivity index (χ0n) is 16.6. The molecule has 4 heterocycles. The van der Waals surface area contributed by atoms with Crippen LogP contribution in [0.5, 0.6) is 0 Å². The average Bonchev–Trinajstić information content (AvgIpc) is 3.40. The number of carbonyl (C=O) groups is 1. The molecule has 5 rings (SSSR count). The number of fused-ring (bicyclic) bond motifs is 1. The standard InChI is InChI=1S/C21H21N7O2/c1-15-24-25-20(30-15)17-4-3-16-5-8-28(18(16)13-17)14-19(29)26-9-11-27(12-10-26)21-22-6-2-7-23-21/h2-8,13H,9-12,14H2,1H3. The number of carbonyl (C=O) groups excluding carboxylic acids is 1. The fraction of sp³-hybridized carbons (Fsp3) is 0.286. The molecule has 0 atom stereocenters. The van der Waals surface area contributed by atoms with Gasteiger partial charge in [-0.05, 0) is 29.7 Å². The Morgan fingerprint density at radius 2 is 1.87 bits per heavy atom. The molecule has 152 valence electrons. The van der Waals surface area contributed by atoms with E-state index in [0.29, 0.717) is 30.8 Å². The number of piperazine rings is 1. The van der Waals surface area contributed by atoms with Crippen LogP contribution in [0.25, 0.3) is 22.4 Å². The van der Waals surface area contributed by atoms with Crippen molar-refractivity contribution in [2.45, 2.75) is 13.5 Å². The maximum Gasteiger partial charge on any atom is 0.247 e. The molecular formula is C21H21N7O2. The largest absolute Gasteiger partial charge is 0.421 e. The van der Waals surface area contributed by atoms with E-state index in [2.05, 4.69) is 25.1 Å². The van der Waals surface area contributed by atoms with Crippen molar-refractivity contribution in [3.05, 3.63) is 54.8 Å². The van der Waals surface area contributed by atoms with Gasteiger partial charge in [-0.15, -0.1) is 10.2 Å². The quantitative estimate of drug-likeness (QED) is 0.515. The van der Waals surface area contributed by atoms with E-state index in [1.165, 1.54) is 0 Å². The lowest BCUT2D eigenvalue weighted by molar-refractivity contribution is -0.132. The molecule has 9 nitrogen and oxygen atoms in total. The summed E-state index contributed by atoms with van der Waals surface area (Å²) in [7, 11) is 0. The first-order valence-electron chi connectivity index (χ1n) is 9.86. The summed E-state index contributed by atoms with van der Waals surface area (Å²) in [5.41, 5.74) is 1.81. The number of anilines is 1. The third kappa shape index (κ3) is 3.49. The summed E-state index contributed by atoms with van der Waals surface area (Å²) in [6.07, 6.45) is 5.42. The van der Waals surface area contributed by atoms with Crippen LogP contribution in [0.3, 0.4) is 0 Å². The molecule has 0 aliphatic carbocycles. The number of benzene rings is 1. The van der Waals surface area contributed by atoms with Gasteiger partial charge in [0.25, 0.3) is 0 Å². The number of rotatable bonds is 4. The van der Waals surface area contributed by atoms with E-state index in [9.17, 15) is 4.79 Å². The number of hydrogen-bond acceptors (Lipinski definition) is 7. The molecule has 1 amide bonds. The monoisotopic (exact) mass is 403 g/mol. The summed E-state index contributed by atoms with van der Waals surface area (Å²) in [4.78, 5) is 25.5. The van der Waals surface area contributed by atoms with Gasteiger partial charge >= 0.3 is 0 Å². The fourth-order valence-electron chi connectivity index (χ4n) is 3.72. The highest BCUT2D eigenvalue weighted by Crippen LogP contribution is 2.24. The van der Waals surface area contributed by atoms with Crippen LogP contribution in [0.2, 0.25) is 0 Å². The van der Waals surface area contributed by atoms with Gasteiger partial charge < -0.3 is 18.8 Å². The van der Waals surface area contributed by atoms with Crippen molar-refractivity contribution in [3.63, 3.8) is 0 Å². The van der Waals surface area contributed by atoms with Crippen molar-refractivity contribution in [2.75, 3.05) is 31.1 Å². The number of aryl methyl sites for hydroxylation is 1. The van der Waals surface area contributed by atoms with E-state index in [-0.39, 0.29) is 12.5 Å². The minimum absolute atomic E-state index is 0.0974. The maximum atomic E-state index is 12.9. The number of hydrogen-bond donors (Lipinski definition) is 0. The second-order valence-corrected chi connectivity index (χ2v) is 7.26. The molecule has 0 unspecified atom stereocenters. The molecule has 1 saturated heterocycles. The molecule has 0 N–H and O–H groups in total. The fourth-order valence-corrected chi connectivity index (χ4v) is 3.72. The highest BCUT2D eigenvalue weighted by atomic mass is 16.4. The Morgan fingerprint density at radius 3 is 2.60 bits per heavy atom. The Balaban J connectivity index is 1.29. The lowest BCUT2D eigenvalue weighted by Crippen LogP contribution is -2.50. The minimum Gasteiger partial charge on any atom is -0.421 e. The molecular weight excluding hydrogens is 382 g/mol. The molecule has 0 bridgehead atoms. The van der Waals surface area contributed by atoms with Crippen LogP contribution in [0.15, 0.2) is 53.3 Å². The predicted octanol–water partition coefficient (Wildman–Crippen LogP) is 2.14. The van der Waals surface area contributed by atoms with Crippen molar-refractivity contribution in [1.82, 2.24) is 29.6 Å². The van der Waals surface area contributed by atoms with Gasteiger partial charge in [0, 0.05) is 62.8 Å². The van der Waals surface area contributed by atoms with E-state index in [1.54, 1.807) is 25.4 Å². The number of nitrogens with zero attached hydrogens (tertiary/aromatic N) is 7. The normalized spacial score (nSPS) is 14.4. The second-order valence-electron chi connectivity index (χ2n) is 7.26. The van der Waals surface area contributed by atoms with Gasteiger partial charge in [-0.3, -0.25) is 4.79 Å². The van der Waals surface area contributed by atoms with Gasteiger partial charge in [0.05, 0.1) is 0 Å². The van der Waals surface area contributed by atoms with E-state index >= 15 is 0 Å². The summed E-state index contributed by atoms with van der Waals surface area (Å²) in [5.74, 6) is 1.81. The first-order valence-corrected chi connectivity index (χ1v) is 9.86. The third-order valence-electron chi connectivity index (χ3n) is 5.32. The molecule has 1 aromatic carbocycles. The lowest BCUT2D eigenvalue weighted by Gasteiger charge is -2.34. The van der Waals surface area contributed by atoms with Gasteiger partial charge in [-0.1, -0.05) is 6.07 Å². The molecule has 1 aliphatic rings. The van der Waals surface area contributed by atoms with Crippen LogP contribution in [-0.4, -0.2) is 61.7 Å². The van der Waals surface area contributed by atoms with Crippen LogP contribution in [-0.2, 0) is 11.3 Å². The summed E-state index contributed by atoms with van der Waals surface area (Å²) >= 11 is 0. The second kappa shape index (κ2) is 7.58. The summed E-state index contributed by atoms with van der Waals surface area (Å²) in [5, 5.41) is 9.04. The number of aromatic nitrogens is 5. The smallest absolute Gasteiger partial charge is 0.247 e. The molecule has 1 fully saturated rings. The summed E-state index contributed by atoms with van der Waals surface area (Å²) in [6, 6.07) is 9.75. The number of amides is 1.